The summed E-state index contributed by atoms with van der Waals surface area (Å²) in [5.74, 6) is 0.876. The number of hydrogen-bond donors (Lipinski definition) is 1. The van der Waals surface area contributed by atoms with Gasteiger partial charge in [0.15, 0.2) is 0 Å². The van der Waals surface area contributed by atoms with E-state index in [0.29, 0.717) is 18.0 Å². The van der Waals surface area contributed by atoms with Crippen LogP contribution in [0.15, 0.2) is 0 Å². The number of ether oxygens (including phenoxy) is 1. The summed E-state index contributed by atoms with van der Waals surface area (Å²) in [5, 5.41) is 3.70. The number of carbonyl (C=O) groups excluding carboxylic acids is 1. The molecule has 2 heterocycles. The van der Waals surface area contributed by atoms with Crippen molar-refractivity contribution in [1.29, 1.82) is 0 Å². The lowest BCUT2D eigenvalue weighted by Crippen LogP contribution is -2.48. The van der Waals surface area contributed by atoms with Gasteiger partial charge in [0.05, 0.1) is 6.61 Å². The Hall–Kier alpha value is -0.610. The molecule has 0 radical (unpaired) electrons. The number of rotatable bonds is 3. The summed E-state index contributed by atoms with van der Waals surface area (Å²) in [5.41, 5.74) is 0. The maximum Gasteiger partial charge on any atom is 0.219 e. The average Bonchev–Trinajstić information content (AvgIpc) is 2.83. The third kappa shape index (κ3) is 3.42. The van der Waals surface area contributed by atoms with Crippen molar-refractivity contribution in [2.75, 3.05) is 26.3 Å². The molecule has 0 saturated carbocycles. The molecule has 2 aliphatic rings. The van der Waals surface area contributed by atoms with E-state index in [0.717, 1.165) is 39.1 Å². The Bertz CT molecular complexity index is 256. The second kappa shape index (κ2) is 5.83. The van der Waals surface area contributed by atoms with Crippen LogP contribution in [-0.2, 0) is 9.53 Å². The summed E-state index contributed by atoms with van der Waals surface area (Å²) in [4.78, 5) is 13.2. The van der Waals surface area contributed by atoms with Crippen LogP contribution >= 0.6 is 0 Å². The van der Waals surface area contributed by atoms with Gasteiger partial charge in [0.2, 0.25) is 5.91 Å². The van der Waals surface area contributed by atoms with Gasteiger partial charge in [-0.3, -0.25) is 4.79 Å². The van der Waals surface area contributed by atoms with E-state index in [1.807, 2.05) is 4.90 Å². The Labute approximate surface area is 104 Å². The van der Waals surface area contributed by atoms with Gasteiger partial charge in [0, 0.05) is 38.7 Å². The molecule has 1 N–H and O–H groups in total. The molecule has 0 aliphatic carbocycles. The molecule has 17 heavy (non-hydrogen) atoms. The van der Waals surface area contributed by atoms with Crippen molar-refractivity contribution in [1.82, 2.24) is 10.2 Å². The first kappa shape index (κ1) is 12.8. The summed E-state index contributed by atoms with van der Waals surface area (Å²) in [6.07, 6.45) is 3.34. The Kier molecular flexibility index (Phi) is 4.40. The van der Waals surface area contributed by atoms with Crippen molar-refractivity contribution in [2.24, 2.45) is 5.92 Å². The van der Waals surface area contributed by atoms with Crippen LogP contribution in [0.3, 0.4) is 0 Å². The minimum atomic E-state index is 0.209. The number of hydrogen-bond acceptors (Lipinski definition) is 3. The first-order chi connectivity index (χ1) is 8.16. The summed E-state index contributed by atoms with van der Waals surface area (Å²) in [6.45, 7) is 7.55. The second-order valence-corrected chi connectivity index (χ2v) is 5.36. The SMILES string of the molecule is CC(=O)N1CCC(NC(C)C2CCOC2)CC1. The predicted molar refractivity (Wildman–Crippen MR) is 66.8 cm³/mol. The zero-order valence-electron chi connectivity index (χ0n) is 10.9. The molecule has 4 heteroatoms. The first-order valence-corrected chi connectivity index (χ1v) is 6.76. The molecule has 0 bridgehead atoms. The highest BCUT2D eigenvalue weighted by atomic mass is 16.5. The smallest absolute Gasteiger partial charge is 0.219 e. The van der Waals surface area contributed by atoms with Crippen LogP contribution in [0.1, 0.15) is 33.1 Å². The first-order valence-electron chi connectivity index (χ1n) is 6.76. The van der Waals surface area contributed by atoms with Gasteiger partial charge in [-0.1, -0.05) is 0 Å². The molecule has 0 spiro atoms. The molecule has 1 amide bonds. The molecule has 4 nitrogen and oxygen atoms in total. The normalized spacial score (nSPS) is 28.4. The van der Waals surface area contributed by atoms with E-state index in [1.54, 1.807) is 6.92 Å². The minimum Gasteiger partial charge on any atom is -0.381 e. The zero-order valence-corrected chi connectivity index (χ0v) is 10.9. The summed E-state index contributed by atoms with van der Waals surface area (Å²) in [6, 6.07) is 1.10. The average molecular weight is 240 g/mol. The van der Waals surface area contributed by atoms with Crippen LogP contribution in [0.25, 0.3) is 0 Å². The lowest BCUT2D eigenvalue weighted by molar-refractivity contribution is -0.129. The van der Waals surface area contributed by atoms with Crippen molar-refractivity contribution in [2.45, 2.75) is 45.2 Å². The highest BCUT2D eigenvalue weighted by molar-refractivity contribution is 5.73. The molecule has 0 aromatic carbocycles. The summed E-state index contributed by atoms with van der Waals surface area (Å²) < 4.78 is 5.42. The van der Waals surface area contributed by atoms with Gasteiger partial charge in [-0.25, -0.2) is 0 Å². The van der Waals surface area contributed by atoms with E-state index in [-0.39, 0.29) is 5.91 Å². The number of carbonyl (C=O) groups is 1. The Morgan fingerprint density at radius 3 is 2.59 bits per heavy atom. The number of nitrogens with zero attached hydrogens (tertiary/aromatic N) is 1. The fourth-order valence-electron chi connectivity index (χ4n) is 2.82. The molecule has 2 rings (SSSR count). The molecule has 2 atom stereocenters. The largest absolute Gasteiger partial charge is 0.381 e. The molecule has 2 unspecified atom stereocenters. The standard InChI is InChI=1S/C13H24N2O2/c1-10(12-5-8-17-9-12)14-13-3-6-15(7-4-13)11(2)16/h10,12-14H,3-9H2,1-2H3. The lowest BCUT2D eigenvalue weighted by Gasteiger charge is -2.34. The van der Waals surface area contributed by atoms with Crippen molar-refractivity contribution < 1.29 is 9.53 Å². The number of likely N-dealkylation sites (tertiary alicyclic amines) is 1. The highest BCUT2D eigenvalue weighted by Gasteiger charge is 2.26. The molecule has 2 aliphatic heterocycles. The topological polar surface area (TPSA) is 41.6 Å². The second-order valence-electron chi connectivity index (χ2n) is 5.36. The maximum absolute atomic E-state index is 11.2. The Morgan fingerprint density at radius 2 is 2.06 bits per heavy atom. The van der Waals surface area contributed by atoms with Crippen LogP contribution in [0.4, 0.5) is 0 Å². The van der Waals surface area contributed by atoms with Gasteiger partial charge in [0.1, 0.15) is 0 Å². The maximum atomic E-state index is 11.2. The minimum absolute atomic E-state index is 0.209. The van der Waals surface area contributed by atoms with Gasteiger partial charge in [0.25, 0.3) is 0 Å². The van der Waals surface area contributed by atoms with Crippen LogP contribution in [0.5, 0.6) is 0 Å². The molecular weight excluding hydrogens is 216 g/mol. The quantitative estimate of drug-likeness (QED) is 0.800. The lowest BCUT2D eigenvalue weighted by atomic mass is 9.97. The van der Waals surface area contributed by atoms with E-state index in [9.17, 15) is 4.79 Å². The monoisotopic (exact) mass is 240 g/mol. The number of nitrogens with one attached hydrogen (secondary N) is 1. The predicted octanol–water partition coefficient (Wildman–Crippen LogP) is 1.01. The van der Waals surface area contributed by atoms with Gasteiger partial charge in [-0.2, -0.15) is 0 Å². The van der Waals surface area contributed by atoms with Crippen LogP contribution in [0.2, 0.25) is 0 Å². The number of amides is 1. The van der Waals surface area contributed by atoms with Crippen LogP contribution in [-0.4, -0.2) is 49.2 Å². The van der Waals surface area contributed by atoms with Gasteiger partial charge in [-0.05, 0) is 32.1 Å². The molecule has 98 valence electrons. The Balaban J connectivity index is 1.72. The van der Waals surface area contributed by atoms with Crippen molar-refractivity contribution in [3.63, 3.8) is 0 Å². The van der Waals surface area contributed by atoms with Crippen LogP contribution in [0, 0.1) is 5.92 Å². The van der Waals surface area contributed by atoms with Gasteiger partial charge in [-0.15, -0.1) is 0 Å². The van der Waals surface area contributed by atoms with Crippen molar-refractivity contribution >= 4 is 5.91 Å². The highest BCUT2D eigenvalue weighted by Crippen LogP contribution is 2.19. The summed E-state index contributed by atoms with van der Waals surface area (Å²) in [7, 11) is 0. The molecule has 2 saturated heterocycles. The van der Waals surface area contributed by atoms with E-state index >= 15 is 0 Å². The van der Waals surface area contributed by atoms with Gasteiger partial charge >= 0.3 is 0 Å². The molecular formula is C13H24N2O2. The third-order valence-electron chi connectivity index (χ3n) is 4.11. The van der Waals surface area contributed by atoms with Crippen LogP contribution < -0.4 is 5.32 Å². The van der Waals surface area contributed by atoms with E-state index in [2.05, 4.69) is 12.2 Å². The third-order valence-corrected chi connectivity index (χ3v) is 4.11. The Morgan fingerprint density at radius 1 is 1.35 bits per heavy atom. The molecule has 0 aromatic heterocycles. The fraction of sp³-hybridized carbons (Fsp3) is 0.923. The van der Waals surface area contributed by atoms with E-state index in [1.165, 1.54) is 6.42 Å². The fourth-order valence-corrected chi connectivity index (χ4v) is 2.82. The van der Waals surface area contributed by atoms with Gasteiger partial charge < -0.3 is 15.0 Å². The van der Waals surface area contributed by atoms with E-state index in [4.69, 9.17) is 4.74 Å². The number of piperidine rings is 1. The molecule has 2 fully saturated rings. The zero-order chi connectivity index (χ0) is 12.3. The molecule has 0 aromatic rings. The summed E-state index contributed by atoms with van der Waals surface area (Å²) >= 11 is 0. The van der Waals surface area contributed by atoms with Crippen molar-refractivity contribution in [3.8, 4) is 0 Å². The van der Waals surface area contributed by atoms with Crippen molar-refractivity contribution in [3.05, 3.63) is 0 Å². The van der Waals surface area contributed by atoms with E-state index < -0.39 is 0 Å².